The van der Waals surface area contributed by atoms with E-state index in [1.165, 1.54) is 0 Å². The van der Waals surface area contributed by atoms with Gasteiger partial charge in [0.05, 0.1) is 10.5 Å². The highest BCUT2D eigenvalue weighted by Gasteiger charge is 2.36. The maximum Gasteiger partial charge on any atom is 0.240 e. The third kappa shape index (κ3) is 3.26. The molecule has 0 bridgehead atoms. The largest absolute Gasteiger partial charge is 0.388 e. The van der Waals surface area contributed by atoms with Crippen molar-refractivity contribution in [2.24, 2.45) is 0 Å². The normalized spacial score (nSPS) is 16.3. The van der Waals surface area contributed by atoms with Gasteiger partial charge in [-0.05, 0) is 29.3 Å². The summed E-state index contributed by atoms with van der Waals surface area (Å²) in [5, 5.41) is 10.6. The monoisotopic (exact) mass is 339 g/mol. The van der Waals surface area contributed by atoms with E-state index in [-0.39, 0.29) is 11.4 Å². The third-order valence-corrected chi connectivity index (χ3v) is 5.35. The molecule has 0 saturated heterocycles. The molecule has 0 aliphatic heterocycles. The van der Waals surface area contributed by atoms with E-state index >= 15 is 0 Å². The number of nitrogens with one attached hydrogen (secondary N) is 1. The molecule has 1 aliphatic carbocycles. The summed E-state index contributed by atoms with van der Waals surface area (Å²) >= 11 is 0. The SMILES string of the molecule is O=S(=O)(NCC1(O)Cc2ccccc2C1)c1ccc(F)c(F)c1. The lowest BCUT2D eigenvalue weighted by atomic mass is 10.0. The van der Waals surface area contributed by atoms with Crippen LogP contribution in [0.2, 0.25) is 0 Å². The van der Waals surface area contributed by atoms with Crippen LogP contribution in [0, 0.1) is 11.6 Å². The molecule has 0 unspecified atom stereocenters. The average molecular weight is 339 g/mol. The highest BCUT2D eigenvalue weighted by Crippen LogP contribution is 2.29. The summed E-state index contributed by atoms with van der Waals surface area (Å²) in [4.78, 5) is -0.379. The van der Waals surface area contributed by atoms with Gasteiger partial charge in [0.2, 0.25) is 10.0 Å². The zero-order valence-electron chi connectivity index (χ0n) is 12.1. The zero-order valence-corrected chi connectivity index (χ0v) is 12.9. The molecule has 0 spiro atoms. The van der Waals surface area contributed by atoms with Crippen molar-refractivity contribution in [1.82, 2.24) is 4.72 Å². The Bertz CT molecular complexity index is 827. The molecule has 0 amide bonds. The number of fused-ring (bicyclic) bond motifs is 1. The Hall–Kier alpha value is -1.83. The van der Waals surface area contributed by atoms with Gasteiger partial charge in [-0.1, -0.05) is 24.3 Å². The van der Waals surface area contributed by atoms with Crippen LogP contribution < -0.4 is 4.72 Å². The van der Waals surface area contributed by atoms with Crippen LogP contribution in [-0.4, -0.2) is 25.7 Å². The summed E-state index contributed by atoms with van der Waals surface area (Å²) in [5.74, 6) is -2.35. The molecule has 3 rings (SSSR count). The van der Waals surface area contributed by atoms with Crippen molar-refractivity contribution in [3.63, 3.8) is 0 Å². The van der Waals surface area contributed by atoms with E-state index in [1.807, 2.05) is 24.3 Å². The van der Waals surface area contributed by atoms with E-state index in [0.717, 1.165) is 23.3 Å². The molecular formula is C16H15F2NO3S. The van der Waals surface area contributed by atoms with Gasteiger partial charge in [-0.3, -0.25) is 0 Å². The molecule has 0 radical (unpaired) electrons. The molecule has 23 heavy (non-hydrogen) atoms. The van der Waals surface area contributed by atoms with Gasteiger partial charge in [-0.15, -0.1) is 0 Å². The standard InChI is InChI=1S/C16H15F2NO3S/c17-14-6-5-13(7-15(14)18)23(21,22)19-10-16(20)8-11-3-1-2-4-12(11)9-16/h1-7,19-20H,8-10H2. The maximum atomic E-state index is 13.2. The van der Waals surface area contributed by atoms with Crippen LogP contribution in [0.25, 0.3) is 0 Å². The number of rotatable bonds is 4. The highest BCUT2D eigenvalue weighted by molar-refractivity contribution is 7.89. The summed E-state index contributed by atoms with van der Waals surface area (Å²) < 4.78 is 52.7. The third-order valence-electron chi connectivity index (χ3n) is 3.95. The second kappa shape index (κ2) is 5.67. The van der Waals surface area contributed by atoms with Crippen LogP contribution >= 0.6 is 0 Å². The van der Waals surface area contributed by atoms with Crippen molar-refractivity contribution < 1.29 is 22.3 Å². The minimum Gasteiger partial charge on any atom is -0.388 e. The van der Waals surface area contributed by atoms with Gasteiger partial charge < -0.3 is 5.11 Å². The summed E-state index contributed by atoms with van der Waals surface area (Å²) in [6, 6.07) is 9.84. The van der Waals surface area contributed by atoms with Gasteiger partial charge in [-0.25, -0.2) is 21.9 Å². The van der Waals surface area contributed by atoms with E-state index in [2.05, 4.69) is 4.72 Å². The Kier molecular flexibility index (Phi) is 3.95. The summed E-state index contributed by atoms with van der Waals surface area (Å²) in [7, 11) is -4.03. The first-order valence-electron chi connectivity index (χ1n) is 7.03. The van der Waals surface area contributed by atoms with E-state index in [9.17, 15) is 22.3 Å². The number of hydrogen-bond acceptors (Lipinski definition) is 3. The van der Waals surface area contributed by atoms with Crippen LogP contribution in [0.1, 0.15) is 11.1 Å². The van der Waals surface area contributed by atoms with E-state index in [4.69, 9.17) is 0 Å². The molecule has 1 aliphatic rings. The topological polar surface area (TPSA) is 66.4 Å². The minimum absolute atomic E-state index is 0.205. The van der Waals surface area contributed by atoms with Crippen molar-refractivity contribution in [2.75, 3.05) is 6.54 Å². The first-order chi connectivity index (χ1) is 10.8. The Balaban J connectivity index is 1.74. The number of halogens is 2. The molecule has 2 aromatic carbocycles. The molecule has 7 heteroatoms. The number of hydrogen-bond donors (Lipinski definition) is 2. The molecule has 0 aromatic heterocycles. The van der Waals surface area contributed by atoms with E-state index < -0.39 is 27.3 Å². The first-order valence-corrected chi connectivity index (χ1v) is 8.51. The lowest BCUT2D eigenvalue weighted by Crippen LogP contribution is -2.43. The van der Waals surface area contributed by atoms with Gasteiger partial charge in [0, 0.05) is 19.4 Å². The molecule has 4 nitrogen and oxygen atoms in total. The number of aliphatic hydroxyl groups is 1. The zero-order chi connectivity index (χ0) is 16.7. The van der Waals surface area contributed by atoms with Crippen molar-refractivity contribution in [3.05, 3.63) is 65.2 Å². The van der Waals surface area contributed by atoms with Crippen LogP contribution in [0.4, 0.5) is 8.78 Å². The van der Waals surface area contributed by atoms with Crippen LogP contribution in [0.15, 0.2) is 47.4 Å². The van der Waals surface area contributed by atoms with Crippen LogP contribution in [0.5, 0.6) is 0 Å². The molecule has 0 heterocycles. The first kappa shape index (κ1) is 16.0. The summed E-state index contributed by atoms with van der Waals surface area (Å²) in [6.07, 6.45) is 0.674. The van der Waals surface area contributed by atoms with Crippen LogP contribution in [0.3, 0.4) is 0 Å². The second-order valence-corrected chi connectivity index (χ2v) is 7.51. The van der Waals surface area contributed by atoms with Gasteiger partial charge in [0.1, 0.15) is 0 Å². The van der Waals surface area contributed by atoms with Crippen molar-refractivity contribution in [2.45, 2.75) is 23.3 Å². The maximum absolute atomic E-state index is 13.2. The fraction of sp³-hybridized carbons (Fsp3) is 0.250. The highest BCUT2D eigenvalue weighted by atomic mass is 32.2. The van der Waals surface area contributed by atoms with Gasteiger partial charge in [0.25, 0.3) is 0 Å². The Labute approximate surface area is 132 Å². The van der Waals surface area contributed by atoms with Gasteiger partial charge >= 0.3 is 0 Å². The van der Waals surface area contributed by atoms with Crippen LogP contribution in [-0.2, 0) is 22.9 Å². The minimum atomic E-state index is -4.03. The fourth-order valence-corrected chi connectivity index (χ4v) is 3.89. The molecular weight excluding hydrogens is 324 g/mol. The molecule has 0 fully saturated rings. The average Bonchev–Trinajstić information content (AvgIpc) is 2.85. The Morgan fingerprint density at radius 3 is 2.22 bits per heavy atom. The lowest BCUT2D eigenvalue weighted by molar-refractivity contribution is 0.0567. The fourth-order valence-electron chi connectivity index (χ4n) is 2.76. The molecule has 2 N–H and O–H groups in total. The van der Waals surface area contributed by atoms with Gasteiger partial charge in [0.15, 0.2) is 11.6 Å². The van der Waals surface area contributed by atoms with E-state index in [1.54, 1.807) is 0 Å². The van der Waals surface area contributed by atoms with Crippen molar-refractivity contribution in [1.29, 1.82) is 0 Å². The Morgan fingerprint density at radius 2 is 1.65 bits per heavy atom. The predicted molar refractivity (Wildman–Crippen MR) is 80.3 cm³/mol. The molecule has 0 atom stereocenters. The molecule has 0 saturated carbocycles. The molecule has 2 aromatic rings. The quantitative estimate of drug-likeness (QED) is 0.892. The smallest absolute Gasteiger partial charge is 0.240 e. The Morgan fingerprint density at radius 1 is 1.04 bits per heavy atom. The second-order valence-electron chi connectivity index (χ2n) is 5.75. The number of benzene rings is 2. The predicted octanol–water partition coefficient (Wildman–Crippen LogP) is 1.77. The summed E-state index contributed by atoms with van der Waals surface area (Å²) in [6.45, 7) is -0.205. The summed E-state index contributed by atoms with van der Waals surface area (Å²) in [5.41, 5.74) is 0.721. The molecule has 122 valence electrons. The number of sulfonamides is 1. The van der Waals surface area contributed by atoms with Gasteiger partial charge in [-0.2, -0.15) is 0 Å². The van der Waals surface area contributed by atoms with Crippen molar-refractivity contribution in [3.8, 4) is 0 Å². The van der Waals surface area contributed by atoms with E-state index in [0.29, 0.717) is 18.9 Å². The lowest BCUT2D eigenvalue weighted by Gasteiger charge is -2.22. The van der Waals surface area contributed by atoms with Crippen molar-refractivity contribution >= 4 is 10.0 Å².